The van der Waals surface area contributed by atoms with Crippen LogP contribution < -0.4 is 0 Å². The van der Waals surface area contributed by atoms with Gasteiger partial charge in [-0.15, -0.1) is 0 Å². The van der Waals surface area contributed by atoms with Crippen LogP contribution in [0.3, 0.4) is 0 Å². The van der Waals surface area contributed by atoms with Crippen molar-refractivity contribution in [3.05, 3.63) is 69.7 Å². The minimum absolute atomic E-state index is 0.0420. The standard InChI is InChI=1S/C20H20Cl2N2O2/c1-13-11-24(20(26)16-5-9-18(22)10-6-16)14(2)12-23(13)19(25)15-3-7-17(21)8-4-15/h3-10,13-14H,11-12H2,1-2H3/t13-,14-/m0/s1. The Labute approximate surface area is 163 Å². The van der Waals surface area contributed by atoms with Gasteiger partial charge in [0, 0.05) is 46.3 Å². The zero-order chi connectivity index (χ0) is 18.8. The average Bonchev–Trinajstić information content (AvgIpc) is 2.63. The average molecular weight is 391 g/mol. The first-order chi connectivity index (χ1) is 12.4. The predicted octanol–water partition coefficient (Wildman–Crippen LogP) is 4.37. The number of nitrogens with zero attached hydrogens (tertiary/aromatic N) is 2. The number of hydrogen-bond acceptors (Lipinski definition) is 2. The van der Waals surface area contributed by atoms with E-state index in [1.54, 1.807) is 48.5 Å². The van der Waals surface area contributed by atoms with Crippen molar-refractivity contribution in [3.8, 4) is 0 Å². The lowest BCUT2D eigenvalue weighted by molar-refractivity contribution is 0.0270. The summed E-state index contributed by atoms with van der Waals surface area (Å²) in [6.07, 6.45) is 0. The van der Waals surface area contributed by atoms with Crippen LogP contribution in [-0.4, -0.2) is 46.8 Å². The fraction of sp³-hybridized carbons (Fsp3) is 0.300. The molecule has 0 unspecified atom stereocenters. The zero-order valence-corrected chi connectivity index (χ0v) is 16.2. The van der Waals surface area contributed by atoms with Gasteiger partial charge in [0.15, 0.2) is 0 Å². The molecule has 26 heavy (non-hydrogen) atoms. The fourth-order valence-corrected chi connectivity index (χ4v) is 3.46. The van der Waals surface area contributed by atoms with Crippen LogP contribution in [0, 0.1) is 0 Å². The molecule has 0 aliphatic carbocycles. The lowest BCUT2D eigenvalue weighted by atomic mass is 10.0. The Kier molecular flexibility index (Phi) is 5.54. The van der Waals surface area contributed by atoms with Crippen molar-refractivity contribution in [3.63, 3.8) is 0 Å². The van der Waals surface area contributed by atoms with Crippen molar-refractivity contribution in [1.29, 1.82) is 0 Å². The van der Waals surface area contributed by atoms with Gasteiger partial charge in [0.25, 0.3) is 11.8 Å². The number of piperazine rings is 1. The first-order valence-corrected chi connectivity index (χ1v) is 9.25. The molecule has 2 atom stereocenters. The Morgan fingerprint density at radius 1 is 0.731 bits per heavy atom. The Balaban J connectivity index is 1.74. The van der Waals surface area contributed by atoms with Gasteiger partial charge in [0.1, 0.15) is 0 Å². The molecule has 0 N–H and O–H groups in total. The Hall–Kier alpha value is -2.04. The second kappa shape index (κ2) is 7.68. The topological polar surface area (TPSA) is 40.6 Å². The lowest BCUT2D eigenvalue weighted by Gasteiger charge is -2.44. The molecular weight excluding hydrogens is 371 g/mol. The Bertz CT molecular complexity index is 736. The first kappa shape index (κ1) is 18.7. The van der Waals surface area contributed by atoms with E-state index in [-0.39, 0.29) is 23.9 Å². The summed E-state index contributed by atoms with van der Waals surface area (Å²) in [6, 6.07) is 13.6. The van der Waals surface area contributed by atoms with Gasteiger partial charge in [-0.25, -0.2) is 0 Å². The van der Waals surface area contributed by atoms with E-state index in [9.17, 15) is 9.59 Å². The number of rotatable bonds is 2. The van der Waals surface area contributed by atoms with E-state index in [0.29, 0.717) is 34.3 Å². The van der Waals surface area contributed by atoms with Gasteiger partial charge in [-0.05, 0) is 62.4 Å². The van der Waals surface area contributed by atoms with E-state index in [1.165, 1.54) is 0 Å². The van der Waals surface area contributed by atoms with Crippen LogP contribution in [0.25, 0.3) is 0 Å². The van der Waals surface area contributed by atoms with Crippen molar-refractivity contribution in [2.45, 2.75) is 25.9 Å². The minimum Gasteiger partial charge on any atom is -0.332 e. The van der Waals surface area contributed by atoms with E-state index < -0.39 is 0 Å². The number of carbonyl (C=O) groups excluding carboxylic acids is 2. The monoisotopic (exact) mass is 390 g/mol. The third-order valence-electron chi connectivity index (χ3n) is 4.69. The molecule has 0 bridgehead atoms. The zero-order valence-electron chi connectivity index (χ0n) is 14.7. The maximum absolute atomic E-state index is 12.8. The predicted molar refractivity (Wildman–Crippen MR) is 104 cm³/mol. The largest absolute Gasteiger partial charge is 0.332 e. The molecule has 1 saturated heterocycles. The van der Waals surface area contributed by atoms with Crippen molar-refractivity contribution in [2.75, 3.05) is 13.1 Å². The molecule has 1 heterocycles. The summed E-state index contributed by atoms with van der Waals surface area (Å²) in [5, 5.41) is 1.20. The first-order valence-electron chi connectivity index (χ1n) is 8.50. The van der Waals surface area contributed by atoms with Crippen molar-refractivity contribution >= 4 is 35.0 Å². The third-order valence-corrected chi connectivity index (χ3v) is 5.19. The van der Waals surface area contributed by atoms with Gasteiger partial charge in [-0.2, -0.15) is 0 Å². The van der Waals surface area contributed by atoms with Crippen molar-refractivity contribution in [2.24, 2.45) is 0 Å². The molecule has 3 rings (SSSR count). The van der Waals surface area contributed by atoms with Crippen molar-refractivity contribution < 1.29 is 9.59 Å². The highest BCUT2D eigenvalue weighted by atomic mass is 35.5. The highest BCUT2D eigenvalue weighted by Gasteiger charge is 2.35. The molecular formula is C20H20Cl2N2O2. The molecule has 6 heteroatoms. The number of carbonyl (C=O) groups is 2. The smallest absolute Gasteiger partial charge is 0.254 e. The third kappa shape index (κ3) is 3.87. The van der Waals surface area contributed by atoms with Crippen LogP contribution >= 0.6 is 23.2 Å². The minimum atomic E-state index is -0.0781. The van der Waals surface area contributed by atoms with Gasteiger partial charge in [-0.3, -0.25) is 9.59 Å². The molecule has 1 aliphatic rings. The fourth-order valence-electron chi connectivity index (χ4n) is 3.21. The molecule has 0 radical (unpaired) electrons. The van der Waals surface area contributed by atoms with E-state index in [1.807, 2.05) is 23.6 Å². The van der Waals surface area contributed by atoms with Crippen LogP contribution in [0.2, 0.25) is 10.0 Å². The SMILES string of the molecule is C[C@H]1CN(C(=O)c2ccc(Cl)cc2)[C@@H](C)CN1C(=O)c1ccc(Cl)cc1. The molecule has 4 nitrogen and oxygen atoms in total. The van der Waals surface area contributed by atoms with Crippen LogP contribution in [0.1, 0.15) is 34.6 Å². The molecule has 1 aliphatic heterocycles. The number of halogens is 2. The molecule has 2 aromatic carbocycles. The molecule has 2 aromatic rings. The summed E-state index contributed by atoms with van der Waals surface area (Å²) in [6.45, 7) is 4.90. The molecule has 1 fully saturated rings. The lowest BCUT2D eigenvalue weighted by Crippen LogP contribution is -2.59. The summed E-state index contributed by atoms with van der Waals surface area (Å²) >= 11 is 11.8. The Morgan fingerprint density at radius 2 is 1.04 bits per heavy atom. The summed E-state index contributed by atoms with van der Waals surface area (Å²) in [5.74, 6) is -0.0841. The van der Waals surface area contributed by atoms with E-state index in [4.69, 9.17) is 23.2 Å². The summed E-state index contributed by atoms with van der Waals surface area (Å²) in [5.41, 5.74) is 1.21. The molecule has 0 saturated carbocycles. The number of amides is 2. The van der Waals surface area contributed by atoms with Crippen molar-refractivity contribution in [1.82, 2.24) is 9.80 Å². The summed E-state index contributed by atoms with van der Waals surface area (Å²) in [4.78, 5) is 29.3. The molecule has 136 valence electrons. The van der Waals surface area contributed by atoms with Gasteiger partial charge in [-0.1, -0.05) is 23.2 Å². The van der Waals surface area contributed by atoms with E-state index in [2.05, 4.69) is 0 Å². The maximum Gasteiger partial charge on any atom is 0.254 e. The van der Waals surface area contributed by atoms with Crippen LogP contribution in [-0.2, 0) is 0 Å². The maximum atomic E-state index is 12.8. The van der Waals surface area contributed by atoms with Gasteiger partial charge in [0.2, 0.25) is 0 Å². The normalized spacial score (nSPS) is 20.2. The molecule has 2 amide bonds. The highest BCUT2D eigenvalue weighted by Crippen LogP contribution is 2.22. The van der Waals surface area contributed by atoms with E-state index in [0.717, 1.165) is 0 Å². The van der Waals surface area contributed by atoms with E-state index >= 15 is 0 Å². The highest BCUT2D eigenvalue weighted by molar-refractivity contribution is 6.31. The summed E-state index contributed by atoms with van der Waals surface area (Å²) < 4.78 is 0. The quantitative estimate of drug-likeness (QED) is 0.763. The van der Waals surface area contributed by atoms with Crippen LogP contribution in [0.15, 0.2) is 48.5 Å². The molecule has 0 aromatic heterocycles. The Morgan fingerprint density at radius 3 is 1.35 bits per heavy atom. The number of benzene rings is 2. The number of hydrogen-bond donors (Lipinski definition) is 0. The van der Waals surface area contributed by atoms with Gasteiger partial charge >= 0.3 is 0 Å². The second-order valence-corrected chi connectivity index (χ2v) is 7.50. The molecule has 0 spiro atoms. The van der Waals surface area contributed by atoms with Crippen LogP contribution in [0.4, 0.5) is 0 Å². The second-order valence-electron chi connectivity index (χ2n) is 6.63. The van der Waals surface area contributed by atoms with Gasteiger partial charge < -0.3 is 9.80 Å². The van der Waals surface area contributed by atoms with Gasteiger partial charge in [0.05, 0.1) is 0 Å². The van der Waals surface area contributed by atoms with Crippen LogP contribution in [0.5, 0.6) is 0 Å². The summed E-state index contributed by atoms with van der Waals surface area (Å²) in [7, 11) is 0.